The van der Waals surface area contributed by atoms with Crippen molar-refractivity contribution >= 4 is 29.3 Å². The highest BCUT2D eigenvalue weighted by molar-refractivity contribution is 7.99. The molecule has 0 aliphatic heterocycles. The van der Waals surface area contributed by atoms with Gasteiger partial charge in [0.25, 0.3) is 0 Å². The van der Waals surface area contributed by atoms with Crippen molar-refractivity contribution in [1.82, 2.24) is 5.32 Å². The molecule has 2 aliphatic rings. The molecule has 2 N–H and O–H groups in total. The average Bonchev–Trinajstić information content (AvgIpc) is 3.20. The van der Waals surface area contributed by atoms with Gasteiger partial charge in [-0.1, -0.05) is 44.2 Å². The number of amides is 2. The van der Waals surface area contributed by atoms with Gasteiger partial charge >= 0.3 is 0 Å². The second-order valence-corrected chi connectivity index (χ2v) is 8.81. The lowest BCUT2D eigenvalue weighted by Gasteiger charge is -2.21. The summed E-state index contributed by atoms with van der Waals surface area (Å²) < 4.78 is 0. The minimum atomic E-state index is -0.159. The maximum atomic E-state index is 12.1. The fourth-order valence-corrected chi connectivity index (χ4v) is 5.16. The second-order valence-electron chi connectivity index (χ2n) is 7.52. The first-order valence-corrected chi connectivity index (χ1v) is 11.0. The molecule has 2 fully saturated rings. The van der Waals surface area contributed by atoms with Crippen molar-refractivity contribution < 1.29 is 9.59 Å². The summed E-state index contributed by atoms with van der Waals surface area (Å²) in [6.07, 6.45) is 10.9. The van der Waals surface area contributed by atoms with Crippen LogP contribution in [0.1, 0.15) is 63.4 Å². The van der Waals surface area contributed by atoms with E-state index < -0.39 is 0 Å². The molecule has 5 heteroatoms. The predicted molar refractivity (Wildman–Crippen MR) is 108 cm³/mol. The van der Waals surface area contributed by atoms with E-state index in [1.54, 1.807) is 0 Å². The van der Waals surface area contributed by atoms with E-state index >= 15 is 0 Å². The van der Waals surface area contributed by atoms with Gasteiger partial charge in [0.15, 0.2) is 0 Å². The van der Waals surface area contributed by atoms with E-state index in [1.807, 2.05) is 30.0 Å². The van der Waals surface area contributed by atoms with Crippen LogP contribution >= 0.6 is 11.8 Å². The van der Waals surface area contributed by atoms with Crippen molar-refractivity contribution in [2.24, 2.45) is 5.92 Å². The minimum Gasteiger partial charge on any atom is -0.347 e. The van der Waals surface area contributed by atoms with Crippen molar-refractivity contribution in [3.8, 4) is 0 Å². The molecule has 0 bridgehead atoms. The highest BCUT2D eigenvalue weighted by atomic mass is 32.2. The zero-order valence-electron chi connectivity index (χ0n) is 15.5. The van der Waals surface area contributed by atoms with Crippen LogP contribution in [0.5, 0.6) is 0 Å². The Morgan fingerprint density at radius 1 is 1.00 bits per heavy atom. The van der Waals surface area contributed by atoms with E-state index in [9.17, 15) is 9.59 Å². The largest absolute Gasteiger partial charge is 0.347 e. The van der Waals surface area contributed by atoms with Crippen molar-refractivity contribution in [2.45, 2.75) is 68.8 Å². The van der Waals surface area contributed by atoms with E-state index in [0.29, 0.717) is 0 Å². The molecule has 1 aromatic rings. The Hall–Kier alpha value is -1.49. The Labute approximate surface area is 160 Å². The molecule has 2 saturated carbocycles. The lowest BCUT2D eigenvalue weighted by molar-refractivity contribution is -0.127. The minimum absolute atomic E-state index is 0.0234. The Kier molecular flexibility index (Phi) is 7.42. The number of carbonyl (C=O) groups is 2. The van der Waals surface area contributed by atoms with Crippen LogP contribution in [0, 0.1) is 5.92 Å². The number of hydrogen-bond acceptors (Lipinski definition) is 3. The van der Waals surface area contributed by atoms with Crippen molar-refractivity contribution in [1.29, 1.82) is 0 Å². The number of hydrogen-bond donors (Lipinski definition) is 2. The zero-order valence-corrected chi connectivity index (χ0v) is 16.3. The lowest BCUT2D eigenvalue weighted by Crippen LogP contribution is -2.36. The molecule has 0 atom stereocenters. The maximum absolute atomic E-state index is 12.1. The third kappa shape index (κ3) is 6.04. The number of rotatable bonds is 7. The van der Waals surface area contributed by atoms with Crippen LogP contribution in [-0.2, 0) is 15.3 Å². The fourth-order valence-electron chi connectivity index (χ4n) is 3.89. The molecule has 0 aromatic heterocycles. The third-order valence-electron chi connectivity index (χ3n) is 5.40. The number of thioether (sulfide) groups is 1. The summed E-state index contributed by atoms with van der Waals surface area (Å²) in [7, 11) is 0. The van der Waals surface area contributed by atoms with Gasteiger partial charge in [-0.3, -0.25) is 9.59 Å². The summed E-state index contributed by atoms with van der Waals surface area (Å²) in [4.78, 5) is 24.1. The smallest absolute Gasteiger partial charge is 0.243 e. The van der Waals surface area contributed by atoms with Gasteiger partial charge in [0.2, 0.25) is 11.8 Å². The molecule has 1 aromatic carbocycles. The summed E-state index contributed by atoms with van der Waals surface area (Å²) in [5.74, 6) is 0.957. The van der Waals surface area contributed by atoms with Crippen LogP contribution < -0.4 is 10.6 Å². The van der Waals surface area contributed by atoms with E-state index in [0.717, 1.165) is 42.4 Å². The normalized spacial score (nSPS) is 18.6. The molecule has 142 valence electrons. The Balaban J connectivity index is 1.42. The quantitative estimate of drug-likeness (QED) is 0.739. The van der Waals surface area contributed by atoms with Gasteiger partial charge in [-0.05, 0) is 43.4 Å². The van der Waals surface area contributed by atoms with Crippen LogP contribution in [0.2, 0.25) is 0 Å². The zero-order chi connectivity index (χ0) is 18.2. The van der Waals surface area contributed by atoms with Crippen molar-refractivity contribution in [2.75, 3.05) is 11.9 Å². The van der Waals surface area contributed by atoms with Gasteiger partial charge in [0.1, 0.15) is 0 Å². The van der Waals surface area contributed by atoms with Gasteiger partial charge < -0.3 is 10.6 Å². The summed E-state index contributed by atoms with van der Waals surface area (Å²) in [6.45, 7) is 0.0520. The highest BCUT2D eigenvalue weighted by Gasteiger charge is 2.22. The third-order valence-corrected chi connectivity index (χ3v) is 6.84. The van der Waals surface area contributed by atoms with Gasteiger partial charge in [-0.15, -0.1) is 0 Å². The SMILES string of the molecule is O=C(CNC(=O)C1CCCC1)Nc1cccc(CSC2CCCCC2)c1. The highest BCUT2D eigenvalue weighted by Crippen LogP contribution is 2.30. The first-order chi connectivity index (χ1) is 12.7. The molecule has 0 spiro atoms. The fraction of sp³-hybridized carbons (Fsp3) is 0.619. The molecule has 0 radical (unpaired) electrons. The van der Waals surface area contributed by atoms with Gasteiger partial charge in [0, 0.05) is 22.6 Å². The van der Waals surface area contributed by atoms with Gasteiger partial charge in [0.05, 0.1) is 6.54 Å². The standard InChI is InChI=1S/C21H30N2O2S/c24-20(14-22-21(25)17-8-4-5-9-17)23-18-10-6-7-16(13-18)15-26-19-11-2-1-3-12-19/h6-7,10,13,17,19H,1-5,8-9,11-12,14-15H2,(H,22,25)(H,23,24). The van der Waals surface area contributed by atoms with Crippen LogP contribution in [0.25, 0.3) is 0 Å². The number of nitrogens with one attached hydrogen (secondary N) is 2. The van der Waals surface area contributed by atoms with Gasteiger partial charge in [-0.25, -0.2) is 0 Å². The molecule has 0 heterocycles. The summed E-state index contributed by atoms with van der Waals surface area (Å²) in [6, 6.07) is 8.06. The van der Waals surface area contributed by atoms with Gasteiger partial charge in [-0.2, -0.15) is 11.8 Å². The van der Waals surface area contributed by atoms with Crippen LogP contribution in [-0.4, -0.2) is 23.6 Å². The molecular weight excluding hydrogens is 344 g/mol. The van der Waals surface area contributed by atoms with E-state index in [2.05, 4.69) is 16.7 Å². The Morgan fingerprint density at radius 2 is 1.73 bits per heavy atom. The second kappa shape index (κ2) is 10.0. The molecular formula is C21H30N2O2S. The number of anilines is 1. The van der Waals surface area contributed by atoms with E-state index in [4.69, 9.17) is 0 Å². The van der Waals surface area contributed by atoms with Crippen LogP contribution in [0.4, 0.5) is 5.69 Å². The first kappa shape index (κ1) is 19.3. The summed E-state index contributed by atoms with van der Waals surface area (Å²) in [5.41, 5.74) is 2.06. The number of benzene rings is 1. The lowest BCUT2D eigenvalue weighted by atomic mass is 10.0. The van der Waals surface area contributed by atoms with Crippen LogP contribution in [0.3, 0.4) is 0 Å². The molecule has 0 saturated heterocycles. The molecule has 26 heavy (non-hydrogen) atoms. The topological polar surface area (TPSA) is 58.2 Å². The Bertz CT molecular complexity index is 608. The first-order valence-electron chi connectivity index (χ1n) is 9.99. The monoisotopic (exact) mass is 374 g/mol. The maximum Gasteiger partial charge on any atom is 0.243 e. The average molecular weight is 375 g/mol. The predicted octanol–water partition coefficient (Wildman–Crippen LogP) is 4.50. The Morgan fingerprint density at radius 3 is 2.50 bits per heavy atom. The number of carbonyl (C=O) groups excluding carboxylic acids is 2. The molecule has 2 aliphatic carbocycles. The molecule has 4 nitrogen and oxygen atoms in total. The van der Waals surface area contributed by atoms with Crippen LogP contribution in [0.15, 0.2) is 24.3 Å². The molecule has 2 amide bonds. The van der Waals surface area contributed by atoms with Crippen molar-refractivity contribution in [3.63, 3.8) is 0 Å². The molecule has 3 rings (SSSR count). The van der Waals surface area contributed by atoms with E-state index in [-0.39, 0.29) is 24.3 Å². The molecule has 0 unspecified atom stereocenters. The summed E-state index contributed by atoms with van der Waals surface area (Å²) >= 11 is 2.04. The van der Waals surface area contributed by atoms with Crippen molar-refractivity contribution in [3.05, 3.63) is 29.8 Å². The summed E-state index contributed by atoms with van der Waals surface area (Å²) in [5, 5.41) is 6.46. The van der Waals surface area contributed by atoms with E-state index in [1.165, 1.54) is 37.7 Å².